The SMILES string of the molecule is CCNC(=O)CNCc1ccc(O)cc1O. The number of rotatable bonds is 5. The molecule has 1 amide bonds. The maximum atomic E-state index is 11.1. The van der Waals surface area contributed by atoms with E-state index in [1.807, 2.05) is 6.92 Å². The van der Waals surface area contributed by atoms with Crippen LogP contribution in [0.15, 0.2) is 18.2 Å². The highest BCUT2D eigenvalue weighted by Crippen LogP contribution is 2.21. The van der Waals surface area contributed by atoms with Crippen molar-refractivity contribution in [3.05, 3.63) is 23.8 Å². The van der Waals surface area contributed by atoms with Crippen LogP contribution in [-0.4, -0.2) is 29.2 Å². The van der Waals surface area contributed by atoms with Crippen molar-refractivity contribution in [2.45, 2.75) is 13.5 Å². The average Bonchev–Trinajstić information content (AvgIpc) is 2.22. The Morgan fingerprint density at radius 2 is 2.12 bits per heavy atom. The third-order valence-corrected chi connectivity index (χ3v) is 2.04. The monoisotopic (exact) mass is 224 g/mol. The minimum atomic E-state index is -0.0826. The van der Waals surface area contributed by atoms with Gasteiger partial charge >= 0.3 is 0 Å². The van der Waals surface area contributed by atoms with Crippen LogP contribution in [0.1, 0.15) is 12.5 Å². The topological polar surface area (TPSA) is 81.6 Å². The lowest BCUT2D eigenvalue weighted by Gasteiger charge is -2.07. The molecule has 4 N–H and O–H groups in total. The molecule has 1 aromatic rings. The summed E-state index contributed by atoms with van der Waals surface area (Å²) in [5.41, 5.74) is 0.641. The molecule has 0 aliphatic heterocycles. The summed E-state index contributed by atoms with van der Waals surface area (Å²) in [4.78, 5) is 11.1. The van der Waals surface area contributed by atoms with Crippen molar-refractivity contribution in [1.29, 1.82) is 0 Å². The van der Waals surface area contributed by atoms with Gasteiger partial charge in [0.15, 0.2) is 0 Å². The molecule has 0 heterocycles. The number of amides is 1. The molecule has 16 heavy (non-hydrogen) atoms. The normalized spacial score (nSPS) is 10.1. The molecule has 1 aromatic carbocycles. The Hall–Kier alpha value is -1.75. The van der Waals surface area contributed by atoms with Gasteiger partial charge in [-0.2, -0.15) is 0 Å². The summed E-state index contributed by atoms with van der Waals surface area (Å²) >= 11 is 0. The van der Waals surface area contributed by atoms with E-state index in [9.17, 15) is 9.90 Å². The standard InChI is InChI=1S/C11H16N2O3/c1-2-13-11(16)7-12-6-8-3-4-9(14)5-10(8)15/h3-5,12,14-15H,2,6-7H2,1H3,(H,13,16). The highest BCUT2D eigenvalue weighted by atomic mass is 16.3. The van der Waals surface area contributed by atoms with Crippen molar-refractivity contribution in [1.82, 2.24) is 10.6 Å². The molecule has 0 spiro atoms. The van der Waals surface area contributed by atoms with E-state index in [1.165, 1.54) is 12.1 Å². The third-order valence-electron chi connectivity index (χ3n) is 2.04. The van der Waals surface area contributed by atoms with E-state index in [2.05, 4.69) is 10.6 Å². The van der Waals surface area contributed by atoms with Crippen LogP contribution in [0.3, 0.4) is 0 Å². The molecule has 5 heteroatoms. The van der Waals surface area contributed by atoms with Gasteiger partial charge in [0.1, 0.15) is 11.5 Å². The number of phenols is 2. The predicted molar refractivity (Wildman–Crippen MR) is 60.2 cm³/mol. The van der Waals surface area contributed by atoms with E-state index in [0.29, 0.717) is 18.7 Å². The van der Waals surface area contributed by atoms with Crippen LogP contribution >= 0.6 is 0 Å². The van der Waals surface area contributed by atoms with Gasteiger partial charge in [-0.05, 0) is 13.0 Å². The summed E-state index contributed by atoms with van der Waals surface area (Å²) in [7, 11) is 0. The second-order valence-electron chi connectivity index (χ2n) is 3.37. The fourth-order valence-electron chi connectivity index (χ4n) is 1.27. The van der Waals surface area contributed by atoms with Crippen molar-refractivity contribution in [2.75, 3.05) is 13.1 Å². The zero-order valence-corrected chi connectivity index (χ0v) is 9.16. The number of likely N-dealkylation sites (N-methyl/N-ethyl adjacent to an activating group) is 1. The quantitative estimate of drug-likeness (QED) is 0.580. The number of phenolic OH excluding ortho intramolecular Hbond substituents is 2. The lowest BCUT2D eigenvalue weighted by Crippen LogP contribution is -2.33. The first-order valence-electron chi connectivity index (χ1n) is 5.11. The van der Waals surface area contributed by atoms with E-state index in [-0.39, 0.29) is 24.0 Å². The van der Waals surface area contributed by atoms with Crippen LogP contribution < -0.4 is 10.6 Å². The van der Waals surface area contributed by atoms with Gasteiger partial charge in [0.2, 0.25) is 5.91 Å². The molecule has 0 saturated carbocycles. The van der Waals surface area contributed by atoms with Crippen LogP contribution in [0, 0.1) is 0 Å². The van der Waals surface area contributed by atoms with E-state index >= 15 is 0 Å². The van der Waals surface area contributed by atoms with Gasteiger partial charge in [0, 0.05) is 24.7 Å². The molecular formula is C11H16N2O3. The van der Waals surface area contributed by atoms with Crippen LogP contribution in [-0.2, 0) is 11.3 Å². The summed E-state index contributed by atoms with van der Waals surface area (Å²) in [5.74, 6) is -0.0471. The Labute approximate surface area is 94.1 Å². The second-order valence-corrected chi connectivity index (χ2v) is 3.37. The first-order chi connectivity index (χ1) is 7.63. The van der Waals surface area contributed by atoms with Crippen molar-refractivity contribution in [3.63, 3.8) is 0 Å². The van der Waals surface area contributed by atoms with Gasteiger partial charge in [0.05, 0.1) is 6.54 Å². The zero-order valence-electron chi connectivity index (χ0n) is 9.16. The van der Waals surface area contributed by atoms with Gasteiger partial charge in [-0.3, -0.25) is 4.79 Å². The molecule has 0 bridgehead atoms. The molecule has 0 aliphatic carbocycles. The minimum Gasteiger partial charge on any atom is -0.508 e. The average molecular weight is 224 g/mol. The summed E-state index contributed by atoms with van der Waals surface area (Å²) < 4.78 is 0. The first-order valence-corrected chi connectivity index (χ1v) is 5.11. The van der Waals surface area contributed by atoms with Crippen molar-refractivity contribution in [3.8, 4) is 11.5 Å². The lowest BCUT2D eigenvalue weighted by molar-refractivity contribution is -0.120. The Bertz CT molecular complexity index is 366. The maximum absolute atomic E-state index is 11.1. The molecule has 5 nitrogen and oxygen atoms in total. The van der Waals surface area contributed by atoms with E-state index in [0.717, 1.165) is 0 Å². The van der Waals surface area contributed by atoms with Crippen LogP contribution in [0.2, 0.25) is 0 Å². The Morgan fingerprint density at radius 1 is 1.38 bits per heavy atom. The molecule has 88 valence electrons. The van der Waals surface area contributed by atoms with Crippen molar-refractivity contribution in [2.24, 2.45) is 0 Å². The number of aromatic hydroxyl groups is 2. The Balaban J connectivity index is 2.40. The van der Waals surface area contributed by atoms with Crippen LogP contribution in [0.4, 0.5) is 0 Å². The van der Waals surface area contributed by atoms with Crippen LogP contribution in [0.25, 0.3) is 0 Å². The summed E-state index contributed by atoms with van der Waals surface area (Å²) in [6, 6.07) is 4.36. The molecule has 0 fully saturated rings. The van der Waals surface area contributed by atoms with Gasteiger partial charge in [-0.1, -0.05) is 6.07 Å². The molecule has 1 rings (SSSR count). The fraction of sp³-hybridized carbons (Fsp3) is 0.364. The number of hydrogen-bond acceptors (Lipinski definition) is 4. The van der Waals surface area contributed by atoms with E-state index < -0.39 is 0 Å². The van der Waals surface area contributed by atoms with E-state index in [4.69, 9.17) is 5.11 Å². The molecular weight excluding hydrogens is 208 g/mol. The molecule has 0 unspecified atom stereocenters. The number of benzene rings is 1. The van der Waals surface area contributed by atoms with Crippen molar-refractivity contribution < 1.29 is 15.0 Å². The second kappa shape index (κ2) is 5.97. The van der Waals surface area contributed by atoms with Crippen molar-refractivity contribution >= 4 is 5.91 Å². The number of carbonyl (C=O) groups excluding carboxylic acids is 1. The minimum absolute atomic E-state index is 0.0170. The molecule has 0 aliphatic rings. The summed E-state index contributed by atoms with van der Waals surface area (Å²) in [6.07, 6.45) is 0. The maximum Gasteiger partial charge on any atom is 0.233 e. The van der Waals surface area contributed by atoms with Crippen LogP contribution in [0.5, 0.6) is 11.5 Å². The van der Waals surface area contributed by atoms with Gasteiger partial charge < -0.3 is 20.8 Å². The highest BCUT2D eigenvalue weighted by Gasteiger charge is 2.03. The largest absolute Gasteiger partial charge is 0.508 e. The molecule has 0 atom stereocenters. The molecule has 0 saturated heterocycles. The predicted octanol–water partition coefficient (Wildman–Crippen LogP) is 0.323. The lowest BCUT2D eigenvalue weighted by atomic mass is 10.2. The number of nitrogens with one attached hydrogen (secondary N) is 2. The van der Waals surface area contributed by atoms with Gasteiger partial charge in [0.25, 0.3) is 0 Å². The van der Waals surface area contributed by atoms with Gasteiger partial charge in [-0.15, -0.1) is 0 Å². The summed E-state index contributed by atoms with van der Waals surface area (Å²) in [5, 5.41) is 24.1. The smallest absolute Gasteiger partial charge is 0.233 e. The number of hydrogen-bond donors (Lipinski definition) is 4. The first kappa shape index (κ1) is 12.3. The highest BCUT2D eigenvalue weighted by molar-refractivity contribution is 5.77. The number of carbonyl (C=O) groups is 1. The fourth-order valence-corrected chi connectivity index (χ4v) is 1.27. The molecule has 0 radical (unpaired) electrons. The third kappa shape index (κ3) is 3.78. The zero-order chi connectivity index (χ0) is 12.0. The molecule has 0 aromatic heterocycles. The van der Waals surface area contributed by atoms with Gasteiger partial charge in [-0.25, -0.2) is 0 Å². The Kier molecular flexibility index (Phi) is 4.60. The Morgan fingerprint density at radius 3 is 2.75 bits per heavy atom. The van der Waals surface area contributed by atoms with E-state index in [1.54, 1.807) is 6.07 Å². The summed E-state index contributed by atoms with van der Waals surface area (Å²) in [6.45, 7) is 3.03.